The number of rotatable bonds is 2. The summed E-state index contributed by atoms with van der Waals surface area (Å²) in [5.41, 5.74) is 0.353. The lowest BCUT2D eigenvalue weighted by Crippen LogP contribution is -1.76. The van der Waals surface area contributed by atoms with Gasteiger partial charge in [0.05, 0.1) is 0 Å². The van der Waals surface area contributed by atoms with Gasteiger partial charge in [-0.15, -0.1) is 0 Å². The van der Waals surface area contributed by atoms with Crippen molar-refractivity contribution < 1.29 is 9.21 Å². The van der Waals surface area contributed by atoms with Gasteiger partial charge in [-0.05, 0) is 28.1 Å². The molecule has 52 valence electrons. The minimum Gasteiger partial charge on any atom is -0.449 e. The van der Waals surface area contributed by atoms with Crippen molar-refractivity contribution in [2.45, 2.75) is 0 Å². The number of furan rings is 1. The summed E-state index contributed by atoms with van der Waals surface area (Å²) in [7, 11) is 0. The SMILES string of the molecule is C=C(C=O)c1ccc(Br)o1. The number of hydrogen-bond acceptors (Lipinski definition) is 2. The van der Waals surface area contributed by atoms with Crippen LogP contribution >= 0.6 is 15.9 Å². The van der Waals surface area contributed by atoms with Crippen LogP contribution in [0.15, 0.2) is 27.8 Å². The van der Waals surface area contributed by atoms with Crippen LogP contribution in [0, 0.1) is 0 Å². The van der Waals surface area contributed by atoms with Crippen LogP contribution in [0.25, 0.3) is 5.57 Å². The predicted octanol–water partition coefficient (Wildman–Crippen LogP) is 2.25. The third-order valence-corrected chi connectivity index (χ3v) is 1.46. The highest BCUT2D eigenvalue weighted by molar-refractivity contribution is 9.10. The second-order valence-corrected chi connectivity index (χ2v) is 2.53. The minimum atomic E-state index is 0.353. The van der Waals surface area contributed by atoms with Crippen molar-refractivity contribution in [3.63, 3.8) is 0 Å². The Bertz CT molecular complexity index is 262. The van der Waals surface area contributed by atoms with E-state index in [9.17, 15) is 4.79 Å². The van der Waals surface area contributed by atoms with Crippen LogP contribution in [0.1, 0.15) is 5.76 Å². The van der Waals surface area contributed by atoms with Crippen LogP contribution in [0.2, 0.25) is 0 Å². The zero-order valence-corrected chi connectivity index (χ0v) is 6.72. The highest BCUT2D eigenvalue weighted by Crippen LogP contribution is 2.18. The molecule has 3 heteroatoms. The fourth-order valence-corrected chi connectivity index (χ4v) is 0.852. The molecular formula is C7H5BrO2. The van der Waals surface area contributed by atoms with E-state index < -0.39 is 0 Å². The molecule has 10 heavy (non-hydrogen) atoms. The number of allylic oxidation sites excluding steroid dienone is 1. The Hall–Kier alpha value is -0.830. The Labute approximate surface area is 66.7 Å². The van der Waals surface area contributed by atoms with Crippen molar-refractivity contribution in [2.75, 3.05) is 0 Å². The largest absolute Gasteiger partial charge is 0.449 e. The monoisotopic (exact) mass is 200 g/mol. The molecule has 0 aliphatic heterocycles. The van der Waals surface area contributed by atoms with Gasteiger partial charge in [-0.2, -0.15) is 0 Å². The molecule has 0 bridgehead atoms. The number of aldehydes is 1. The van der Waals surface area contributed by atoms with Gasteiger partial charge >= 0.3 is 0 Å². The molecule has 0 atom stereocenters. The topological polar surface area (TPSA) is 30.2 Å². The van der Waals surface area contributed by atoms with E-state index in [2.05, 4.69) is 22.5 Å². The molecule has 0 spiro atoms. The second-order valence-electron chi connectivity index (χ2n) is 1.75. The Morgan fingerprint density at radius 2 is 2.40 bits per heavy atom. The molecule has 0 saturated carbocycles. The first kappa shape index (κ1) is 7.28. The smallest absolute Gasteiger partial charge is 0.169 e. The predicted molar refractivity (Wildman–Crippen MR) is 41.5 cm³/mol. The maximum absolute atomic E-state index is 10.1. The number of halogens is 1. The molecule has 0 amide bonds. The molecule has 0 radical (unpaired) electrons. The molecule has 0 aromatic carbocycles. The van der Waals surface area contributed by atoms with Gasteiger partial charge in [0.25, 0.3) is 0 Å². The third kappa shape index (κ3) is 1.36. The number of carbonyl (C=O) groups is 1. The minimum absolute atomic E-state index is 0.353. The lowest BCUT2D eigenvalue weighted by atomic mass is 10.3. The van der Waals surface area contributed by atoms with E-state index in [-0.39, 0.29) is 0 Å². The zero-order chi connectivity index (χ0) is 7.56. The fourth-order valence-electron chi connectivity index (χ4n) is 0.545. The van der Waals surface area contributed by atoms with Crippen molar-refractivity contribution in [2.24, 2.45) is 0 Å². The van der Waals surface area contributed by atoms with Gasteiger partial charge in [0, 0.05) is 5.57 Å². The summed E-state index contributed by atoms with van der Waals surface area (Å²) in [6.45, 7) is 3.47. The first-order valence-corrected chi connectivity index (χ1v) is 3.43. The molecule has 0 aliphatic rings. The van der Waals surface area contributed by atoms with Gasteiger partial charge in [-0.25, -0.2) is 0 Å². The van der Waals surface area contributed by atoms with E-state index in [1.165, 1.54) is 0 Å². The van der Waals surface area contributed by atoms with E-state index in [1.54, 1.807) is 12.1 Å². The molecular weight excluding hydrogens is 196 g/mol. The fraction of sp³-hybridized carbons (Fsp3) is 0. The first-order chi connectivity index (χ1) is 4.74. The summed E-state index contributed by atoms with van der Waals surface area (Å²) in [4.78, 5) is 10.1. The normalized spacial score (nSPS) is 9.30. The number of carbonyl (C=O) groups excluding carboxylic acids is 1. The maximum atomic E-state index is 10.1. The Balaban J connectivity index is 2.95. The Kier molecular flexibility index (Phi) is 2.06. The lowest BCUT2D eigenvalue weighted by Gasteiger charge is -1.86. The van der Waals surface area contributed by atoms with Gasteiger partial charge < -0.3 is 4.42 Å². The average molecular weight is 201 g/mol. The molecule has 0 unspecified atom stereocenters. The Morgan fingerprint density at radius 1 is 1.70 bits per heavy atom. The van der Waals surface area contributed by atoms with Crippen LogP contribution in [0.5, 0.6) is 0 Å². The molecule has 2 nitrogen and oxygen atoms in total. The van der Waals surface area contributed by atoms with Crippen LogP contribution < -0.4 is 0 Å². The van der Waals surface area contributed by atoms with Crippen molar-refractivity contribution in [1.29, 1.82) is 0 Å². The quantitative estimate of drug-likeness (QED) is 0.542. The highest BCUT2D eigenvalue weighted by atomic mass is 79.9. The average Bonchev–Trinajstić information content (AvgIpc) is 2.34. The highest BCUT2D eigenvalue weighted by Gasteiger charge is 2.01. The molecule has 0 N–H and O–H groups in total. The summed E-state index contributed by atoms with van der Waals surface area (Å²) >= 11 is 3.11. The summed E-state index contributed by atoms with van der Waals surface area (Å²) < 4.78 is 5.62. The van der Waals surface area contributed by atoms with E-state index in [0.717, 1.165) is 0 Å². The van der Waals surface area contributed by atoms with E-state index in [1.807, 2.05) is 0 Å². The van der Waals surface area contributed by atoms with Gasteiger partial charge in [-0.1, -0.05) is 6.58 Å². The Morgan fingerprint density at radius 3 is 2.80 bits per heavy atom. The summed E-state index contributed by atoms with van der Waals surface area (Å²) in [6.07, 6.45) is 0.658. The summed E-state index contributed by atoms with van der Waals surface area (Å²) in [6, 6.07) is 3.39. The van der Waals surface area contributed by atoms with Gasteiger partial charge in [0.2, 0.25) is 0 Å². The number of hydrogen-bond donors (Lipinski definition) is 0. The lowest BCUT2D eigenvalue weighted by molar-refractivity contribution is -0.103. The third-order valence-electron chi connectivity index (χ3n) is 1.03. The molecule has 1 aromatic rings. The second kappa shape index (κ2) is 2.84. The van der Waals surface area contributed by atoms with E-state index >= 15 is 0 Å². The molecule has 1 rings (SSSR count). The summed E-state index contributed by atoms with van der Waals surface area (Å²) in [5, 5.41) is 0. The molecule has 0 fully saturated rings. The van der Waals surface area contributed by atoms with E-state index in [0.29, 0.717) is 22.3 Å². The summed E-state index contributed by atoms with van der Waals surface area (Å²) in [5.74, 6) is 0.502. The zero-order valence-electron chi connectivity index (χ0n) is 5.13. The van der Waals surface area contributed by atoms with Gasteiger partial charge in [0.1, 0.15) is 5.76 Å². The van der Waals surface area contributed by atoms with Crippen LogP contribution in [0.4, 0.5) is 0 Å². The van der Waals surface area contributed by atoms with Crippen molar-refractivity contribution in [3.05, 3.63) is 29.1 Å². The van der Waals surface area contributed by atoms with Crippen molar-refractivity contribution in [3.8, 4) is 0 Å². The molecule has 0 aliphatic carbocycles. The molecule has 1 heterocycles. The van der Waals surface area contributed by atoms with Crippen LogP contribution in [-0.2, 0) is 4.79 Å². The first-order valence-electron chi connectivity index (χ1n) is 2.64. The maximum Gasteiger partial charge on any atom is 0.169 e. The van der Waals surface area contributed by atoms with Crippen molar-refractivity contribution in [1.82, 2.24) is 0 Å². The van der Waals surface area contributed by atoms with E-state index in [4.69, 9.17) is 4.42 Å². The van der Waals surface area contributed by atoms with Crippen LogP contribution in [0.3, 0.4) is 0 Å². The van der Waals surface area contributed by atoms with Crippen LogP contribution in [-0.4, -0.2) is 6.29 Å². The molecule has 1 aromatic heterocycles. The van der Waals surface area contributed by atoms with Gasteiger partial charge in [-0.3, -0.25) is 4.79 Å². The van der Waals surface area contributed by atoms with Crippen molar-refractivity contribution >= 4 is 27.8 Å². The standard InChI is InChI=1S/C7H5BrO2/c1-5(4-9)6-2-3-7(8)10-6/h2-4H,1H2. The molecule has 0 saturated heterocycles. The van der Waals surface area contributed by atoms with Gasteiger partial charge in [0.15, 0.2) is 11.0 Å².